The van der Waals surface area contributed by atoms with Gasteiger partial charge in [-0.1, -0.05) is 53.7 Å². The highest BCUT2D eigenvalue weighted by molar-refractivity contribution is 6.74. The van der Waals surface area contributed by atoms with Gasteiger partial charge in [0.1, 0.15) is 0 Å². The molecule has 23 heavy (non-hydrogen) atoms. The van der Waals surface area contributed by atoms with Crippen molar-refractivity contribution in [3.05, 3.63) is 12.2 Å². The van der Waals surface area contributed by atoms with Gasteiger partial charge in [-0.25, -0.2) is 0 Å². The van der Waals surface area contributed by atoms with E-state index in [-0.39, 0.29) is 22.3 Å². The zero-order valence-corrected chi connectivity index (χ0v) is 19.0. The van der Waals surface area contributed by atoms with E-state index in [0.29, 0.717) is 11.8 Å². The summed E-state index contributed by atoms with van der Waals surface area (Å²) < 4.78 is 13.7. The maximum absolute atomic E-state index is 6.85. The lowest BCUT2D eigenvalue weighted by atomic mass is 10.0. The molecule has 2 aliphatic carbocycles. The van der Waals surface area contributed by atoms with E-state index in [0.717, 1.165) is 0 Å². The van der Waals surface area contributed by atoms with E-state index in [1.54, 1.807) is 0 Å². The van der Waals surface area contributed by atoms with Crippen LogP contribution < -0.4 is 0 Å². The van der Waals surface area contributed by atoms with E-state index in [2.05, 4.69) is 79.9 Å². The molecule has 0 aliphatic heterocycles. The van der Waals surface area contributed by atoms with Crippen molar-refractivity contribution >= 4 is 16.6 Å². The molecule has 2 aliphatic rings. The Morgan fingerprint density at radius 1 is 0.696 bits per heavy atom. The lowest BCUT2D eigenvalue weighted by molar-refractivity contribution is 0.0290. The molecule has 4 heteroatoms. The summed E-state index contributed by atoms with van der Waals surface area (Å²) in [6.07, 6.45) is 6.51. The lowest BCUT2D eigenvalue weighted by Gasteiger charge is -2.45. The summed E-state index contributed by atoms with van der Waals surface area (Å²) in [6, 6.07) is 0. The van der Waals surface area contributed by atoms with E-state index >= 15 is 0 Å². The van der Waals surface area contributed by atoms with Crippen molar-refractivity contribution in [3.8, 4) is 0 Å². The Labute approximate surface area is 146 Å². The van der Waals surface area contributed by atoms with Crippen LogP contribution >= 0.6 is 0 Å². The second-order valence-corrected chi connectivity index (χ2v) is 20.1. The summed E-state index contributed by atoms with van der Waals surface area (Å²) in [5.41, 5.74) is 0. The zero-order valence-electron chi connectivity index (χ0n) is 17.0. The second-order valence-electron chi connectivity index (χ2n) is 10.6. The molecule has 4 atom stereocenters. The molecule has 134 valence electrons. The Bertz CT molecular complexity index is 427. The van der Waals surface area contributed by atoms with Crippen molar-refractivity contribution in [1.82, 2.24) is 0 Å². The number of fused-ring (bicyclic) bond motifs is 2. The number of rotatable bonds is 4. The minimum absolute atomic E-state index is 0.250. The summed E-state index contributed by atoms with van der Waals surface area (Å²) in [5, 5.41) is 0.500. The summed E-state index contributed by atoms with van der Waals surface area (Å²) in [6.45, 7) is 23.4. The van der Waals surface area contributed by atoms with Gasteiger partial charge < -0.3 is 8.85 Å². The highest BCUT2D eigenvalue weighted by Gasteiger charge is 2.53. The predicted molar refractivity (Wildman–Crippen MR) is 105 cm³/mol. The molecular weight excluding hydrogens is 316 g/mol. The minimum atomic E-state index is -1.77. The normalized spacial score (nSPS) is 31.9. The Kier molecular flexibility index (Phi) is 4.91. The summed E-state index contributed by atoms with van der Waals surface area (Å²) in [7, 11) is -3.54. The molecular formula is C19H38O2Si2. The van der Waals surface area contributed by atoms with E-state index in [1.807, 2.05) is 0 Å². The van der Waals surface area contributed by atoms with Crippen molar-refractivity contribution in [2.75, 3.05) is 0 Å². The molecule has 1 fully saturated rings. The summed E-state index contributed by atoms with van der Waals surface area (Å²) in [5.74, 6) is 1.12. The maximum Gasteiger partial charge on any atom is 0.192 e. The highest BCUT2D eigenvalue weighted by atomic mass is 28.4. The third kappa shape index (κ3) is 3.70. The van der Waals surface area contributed by atoms with Crippen molar-refractivity contribution < 1.29 is 8.85 Å². The Hall–Kier alpha value is 0.0938. The zero-order chi connectivity index (χ0) is 17.8. The predicted octanol–water partition coefficient (Wildman–Crippen LogP) is 5.97. The maximum atomic E-state index is 6.85. The summed E-state index contributed by atoms with van der Waals surface area (Å²) in [4.78, 5) is 0. The van der Waals surface area contributed by atoms with Gasteiger partial charge in [-0.15, -0.1) is 0 Å². The SMILES string of the molecule is CC(C)(C)[Si](C)(C)O[C@@H]1[C@H](O[Si](C)(C)C(C)(C)C)[C@@H]2C=C[C@H]1C2. The quantitative estimate of drug-likeness (QED) is 0.457. The molecule has 0 spiro atoms. The average Bonchev–Trinajstić information content (AvgIpc) is 2.88. The van der Waals surface area contributed by atoms with Crippen molar-refractivity contribution in [3.63, 3.8) is 0 Å². The van der Waals surface area contributed by atoms with E-state index in [4.69, 9.17) is 8.85 Å². The molecule has 0 amide bonds. The number of hydrogen-bond donors (Lipinski definition) is 0. The van der Waals surface area contributed by atoms with Gasteiger partial charge in [0.2, 0.25) is 0 Å². The van der Waals surface area contributed by atoms with Gasteiger partial charge in [0.05, 0.1) is 12.2 Å². The van der Waals surface area contributed by atoms with Crippen LogP contribution in [-0.2, 0) is 8.85 Å². The standard InChI is InChI=1S/C19H38O2Si2/c1-18(2,3)22(7,8)20-16-14-11-12-15(13-14)17(16)21-23(9,10)19(4,5)6/h11-12,14-17H,13H2,1-10H3/t14-,15+,16-,17+. The van der Waals surface area contributed by atoms with E-state index in [9.17, 15) is 0 Å². The number of hydrogen-bond acceptors (Lipinski definition) is 2. The summed E-state index contributed by atoms with van der Waals surface area (Å²) >= 11 is 0. The smallest absolute Gasteiger partial charge is 0.192 e. The van der Waals surface area contributed by atoms with Crippen molar-refractivity contribution in [2.24, 2.45) is 11.8 Å². The van der Waals surface area contributed by atoms with Crippen LogP contribution in [0.5, 0.6) is 0 Å². The molecule has 0 N–H and O–H groups in total. The van der Waals surface area contributed by atoms with E-state index < -0.39 is 16.6 Å². The van der Waals surface area contributed by atoms with Crippen LogP contribution in [0.15, 0.2) is 12.2 Å². The first kappa shape index (κ1) is 19.4. The van der Waals surface area contributed by atoms with Gasteiger partial charge in [-0.2, -0.15) is 0 Å². The first-order valence-electron chi connectivity index (χ1n) is 9.20. The molecule has 1 saturated carbocycles. The second kappa shape index (κ2) is 5.82. The van der Waals surface area contributed by atoms with Gasteiger partial charge in [-0.05, 0) is 42.7 Å². The molecule has 2 nitrogen and oxygen atoms in total. The first-order valence-corrected chi connectivity index (χ1v) is 15.0. The van der Waals surface area contributed by atoms with Gasteiger partial charge in [0, 0.05) is 11.8 Å². The topological polar surface area (TPSA) is 18.5 Å². The fourth-order valence-corrected chi connectivity index (χ4v) is 5.76. The van der Waals surface area contributed by atoms with Gasteiger partial charge in [0.25, 0.3) is 0 Å². The molecule has 0 aromatic rings. The van der Waals surface area contributed by atoms with Crippen molar-refractivity contribution in [2.45, 2.75) is 96.4 Å². The molecule has 0 heterocycles. The van der Waals surface area contributed by atoms with Crippen LogP contribution in [0.1, 0.15) is 48.0 Å². The fraction of sp³-hybridized carbons (Fsp3) is 0.895. The first-order chi connectivity index (χ1) is 10.2. The molecule has 0 aromatic heterocycles. The molecule has 0 unspecified atom stereocenters. The van der Waals surface area contributed by atoms with Crippen LogP contribution in [-0.4, -0.2) is 28.8 Å². The fourth-order valence-electron chi connectivity index (χ4n) is 3.07. The van der Waals surface area contributed by atoms with Crippen LogP contribution in [0.4, 0.5) is 0 Å². The lowest BCUT2D eigenvalue weighted by Crippen LogP contribution is -2.53. The van der Waals surface area contributed by atoms with Crippen LogP contribution in [0.25, 0.3) is 0 Å². The van der Waals surface area contributed by atoms with Gasteiger partial charge in [0.15, 0.2) is 16.6 Å². The largest absolute Gasteiger partial charge is 0.411 e. The molecule has 2 rings (SSSR count). The third-order valence-corrected chi connectivity index (χ3v) is 15.7. The third-order valence-electron chi connectivity index (χ3n) is 6.79. The molecule has 0 saturated heterocycles. The van der Waals surface area contributed by atoms with Gasteiger partial charge >= 0.3 is 0 Å². The molecule has 2 bridgehead atoms. The Morgan fingerprint density at radius 2 is 1.00 bits per heavy atom. The monoisotopic (exact) mass is 354 g/mol. The Balaban J connectivity index is 2.20. The molecule has 0 radical (unpaired) electrons. The average molecular weight is 355 g/mol. The van der Waals surface area contributed by atoms with E-state index in [1.165, 1.54) is 6.42 Å². The van der Waals surface area contributed by atoms with Crippen molar-refractivity contribution in [1.29, 1.82) is 0 Å². The highest BCUT2D eigenvalue weighted by Crippen LogP contribution is 2.49. The molecule has 0 aromatic carbocycles. The van der Waals surface area contributed by atoms with Crippen LogP contribution in [0.3, 0.4) is 0 Å². The Morgan fingerprint density at radius 3 is 1.26 bits per heavy atom. The minimum Gasteiger partial charge on any atom is -0.411 e. The van der Waals surface area contributed by atoms with Gasteiger partial charge in [-0.3, -0.25) is 0 Å². The van der Waals surface area contributed by atoms with Crippen LogP contribution in [0, 0.1) is 11.8 Å². The van der Waals surface area contributed by atoms with Crippen LogP contribution in [0.2, 0.25) is 36.3 Å².